The Labute approximate surface area is 146 Å². The van der Waals surface area contributed by atoms with Crippen molar-refractivity contribution >= 4 is 23.5 Å². The molecule has 0 unspecified atom stereocenters. The van der Waals surface area contributed by atoms with E-state index < -0.39 is 5.97 Å². The summed E-state index contributed by atoms with van der Waals surface area (Å²) in [6.45, 7) is 3.96. The van der Waals surface area contributed by atoms with Gasteiger partial charge in [0.1, 0.15) is 0 Å². The van der Waals surface area contributed by atoms with E-state index in [4.69, 9.17) is 16.3 Å². The number of benzene rings is 2. The van der Waals surface area contributed by atoms with Crippen LogP contribution in [0.3, 0.4) is 0 Å². The Kier molecular flexibility index (Phi) is 6.38. The van der Waals surface area contributed by atoms with Crippen LogP contribution in [0.25, 0.3) is 0 Å². The van der Waals surface area contributed by atoms with Crippen LogP contribution in [-0.4, -0.2) is 25.0 Å². The molecule has 0 aromatic heterocycles. The van der Waals surface area contributed by atoms with Crippen molar-refractivity contribution in [1.29, 1.82) is 0 Å². The average Bonchev–Trinajstić information content (AvgIpc) is 2.53. The smallest absolute Gasteiger partial charge is 0.338 e. The zero-order valence-corrected chi connectivity index (χ0v) is 14.5. The molecule has 0 bridgehead atoms. The summed E-state index contributed by atoms with van der Waals surface area (Å²) in [6.07, 6.45) is 0.664. The van der Waals surface area contributed by atoms with Crippen LogP contribution >= 0.6 is 11.6 Å². The van der Waals surface area contributed by atoms with E-state index in [9.17, 15) is 9.59 Å². The van der Waals surface area contributed by atoms with Crippen LogP contribution in [0.5, 0.6) is 0 Å². The molecule has 1 N–H and O–H groups in total. The lowest BCUT2D eigenvalue weighted by atomic mass is 10.1. The van der Waals surface area contributed by atoms with Crippen molar-refractivity contribution in [2.24, 2.45) is 0 Å². The standard InChI is InChI=1S/C19H20ClNO3/c1-13-6-7-17(14(2)10-13)19(23)24-12-18(22)21-9-8-15-4-3-5-16(20)11-15/h3-7,10-11H,8-9,12H2,1-2H3,(H,21,22). The number of hydrogen-bond donors (Lipinski definition) is 1. The summed E-state index contributed by atoms with van der Waals surface area (Å²) in [4.78, 5) is 23.8. The normalized spacial score (nSPS) is 10.3. The summed E-state index contributed by atoms with van der Waals surface area (Å²) in [5.74, 6) is -0.812. The van der Waals surface area contributed by atoms with Gasteiger partial charge in [-0.2, -0.15) is 0 Å². The minimum absolute atomic E-state index is 0.290. The van der Waals surface area contributed by atoms with Crippen molar-refractivity contribution in [2.75, 3.05) is 13.2 Å². The minimum Gasteiger partial charge on any atom is -0.452 e. The number of esters is 1. The van der Waals surface area contributed by atoms with E-state index in [1.165, 1.54) is 0 Å². The number of rotatable bonds is 6. The lowest BCUT2D eigenvalue weighted by Crippen LogP contribution is -2.30. The van der Waals surface area contributed by atoms with Gasteiger partial charge in [0.25, 0.3) is 5.91 Å². The van der Waals surface area contributed by atoms with Gasteiger partial charge in [0.15, 0.2) is 6.61 Å². The molecular weight excluding hydrogens is 326 g/mol. The van der Waals surface area contributed by atoms with Gasteiger partial charge in [-0.15, -0.1) is 0 Å². The summed E-state index contributed by atoms with van der Waals surface area (Å²) in [6, 6.07) is 12.9. The van der Waals surface area contributed by atoms with E-state index in [0.29, 0.717) is 23.6 Å². The molecule has 1 amide bonds. The summed E-state index contributed by atoms with van der Waals surface area (Å²) < 4.78 is 5.06. The largest absolute Gasteiger partial charge is 0.452 e. The Balaban J connectivity index is 1.75. The molecule has 0 aliphatic heterocycles. The molecule has 24 heavy (non-hydrogen) atoms. The lowest BCUT2D eigenvalue weighted by Gasteiger charge is -2.09. The highest BCUT2D eigenvalue weighted by molar-refractivity contribution is 6.30. The van der Waals surface area contributed by atoms with E-state index >= 15 is 0 Å². The molecule has 126 valence electrons. The van der Waals surface area contributed by atoms with Crippen molar-refractivity contribution < 1.29 is 14.3 Å². The van der Waals surface area contributed by atoms with E-state index in [1.807, 2.05) is 44.2 Å². The number of nitrogens with one attached hydrogen (secondary N) is 1. The maximum Gasteiger partial charge on any atom is 0.338 e. The molecule has 2 aromatic rings. The zero-order chi connectivity index (χ0) is 17.5. The Bertz CT molecular complexity index is 743. The minimum atomic E-state index is -0.488. The quantitative estimate of drug-likeness (QED) is 0.815. The molecule has 2 aromatic carbocycles. The van der Waals surface area contributed by atoms with Gasteiger partial charge >= 0.3 is 5.97 Å². The summed E-state index contributed by atoms with van der Waals surface area (Å²) >= 11 is 5.91. The highest BCUT2D eigenvalue weighted by Crippen LogP contribution is 2.12. The van der Waals surface area contributed by atoms with Crippen molar-refractivity contribution in [3.63, 3.8) is 0 Å². The van der Waals surface area contributed by atoms with Crippen LogP contribution in [0.4, 0.5) is 0 Å². The fourth-order valence-corrected chi connectivity index (χ4v) is 2.55. The molecule has 5 heteroatoms. The molecule has 0 saturated heterocycles. The SMILES string of the molecule is Cc1ccc(C(=O)OCC(=O)NCCc2cccc(Cl)c2)c(C)c1. The molecule has 0 heterocycles. The molecule has 0 aliphatic carbocycles. The Morgan fingerprint density at radius 1 is 1.12 bits per heavy atom. The number of halogens is 1. The summed E-state index contributed by atoms with van der Waals surface area (Å²) in [5, 5.41) is 3.39. The Morgan fingerprint density at radius 2 is 1.92 bits per heavy atom. The highest BCUT2D eigenvalue weighted by Gasteiger charge is 2.12. The first-order valence-electron chi connectivity index (χ1n) is 7.71. The second-order valence-electron chi connectivity index (χ2n) is 5.62. The number of amides is 1. The summed E-state index contributed by atoms with van der Waals surface area (Å²) in [5.41, 5.74) is 3.42. The van der Waals surface area contributed by atoms with Gasteiger partial charge in [-0.25, -0.2) is 4.79 Å². The molecule has 2 rings (SSSR count). The van der Waals surface area contributed by atoms with Crippen LogP contribution in [0.15, 0.2) is 42.5 Å². The second kappa shape index (κ2) is 8.50. The van der Waals surface area contributed by atoms with Crippen LogP contribution in [0.2, 0.25) is 5.02 Å². The third-order valence-corrected chi connectivity index (χ3v) is 3.80. The van der Waals surface area contributed by atoms with Gasteiger partial charge in [0, 0.05) is 11.6 Å². The van der Waals surface area contributed by atoms with Crippen molar-refractivity contribution in [1.82, 2.24) is 5.32 Å². The highest BCUT2D eigenvalue weighted by atomic mass is 35.5. The fourth-order valence-electron chi connectivity index (χ4n) is 2.34. The van der Waals surface area contributed by atoms with Crippen molar-refractivity contribution in [3.8, 4) is 0 Å². The number of ether oxygens (including phenoxy) is 1. The Morgan fingerprint density at radius 3 is 2.62 bits per heavy atom. The van der Waals surface area contributed by atoms with Gasteiger partial charge in [0.05, 0.1) is 5.56 Å². The van der Waals surface area contributed by atoms with Gasteiger partial charge in [-0.05, 0) is 49.6 Å². The van der Waals surface area contributed by atoms with Crippen LogP contribution in [0.1, 0.15) is 27.0 Å². The predicted molar refractivity (Wildman–Crippen MR) is 94.4 cm³/mol. The molecule has 0 saturated carbocycles. The number of carbonyl (C=O) groups is 2. The molecule has 0 radical (unpaired) electrons. The first kappa shape index (κ1) is 18.0. The summed E-state index contributed by atoms with van der Waals surface area (Å²) in [7, 11) is 0. The zero-order valence-electron chi connectivity index (χ0n) is 13.8. The third kappa shape index (κ3) is 5.39. The maximum absolute atomic E-state index is 12.0. The first-order chi connectivity index (χ1) is 11.5. The first-order valence-corrected chi connectivity index (χ1v) is 8.09. The van der Waals surface area contributed by atoms with Crippen LogP contribution < -0.4 is 5.32 Å². The predicted octanol–water partition coefficient (Wildman–Crippen LogP) is 3.47. The van der Waals surface area contributed by atoms with Gasteiger partial charge < -0.3 is 10.1 Å². The van der Waals surface area contributed by atoms with E-state index in [-0.39, 0.29) is 12.5 Å². The van der Waals surface area contributed by atoms with Crippen molar-refractivity contribution in [2.45, 2.75) is 20.3 Å². The molecule has 0 aliphatic rings. The van der Waals surface area contributed by atoms with Crippen LogP contribution in [-0.2, 0) is 16.0 Å². The average molecular weight is 346 g/mol. The number of hydrogen-bond acceptors (Lipinski definition) is 3. The molecular formula is C19H20ClNO3. The van der Waals surface area contributed by atoms with E-state index in [0.717, 1.165) is 16.7 Å². The van der Waals surface area contributed by atoms with Crippen LogP contribution in [0, 0.1) is 13.8 Å². The number of carbonyl (C=O) groups excluding carboxylic acids is 2. The molecule has 0 atom stereocenters. The van der Waals surface area contributed by atoms with Gasteiger partial charge in [-0.3, -0.25) is 4.79 Å². The van der Waals surface area contributed by atoms with E-state index in [2.05, 4.69) is 5.32 Å². The second-order valence-corrected chi connectivity index (χ2v) is 6.06. The lowest BCUT2D eigenvalue weighted by molar-refractivity contribution is -0.124. The topological polar surface area (TPSA) is 55.4 Å². The fraction of sp³-hybridized carbons (Fsp3) is 0.263. The maximum atomic E-state index is 12.0. The molecule has 0 spiro atoms. The van der Waals surface area contributed by atoms with Crippen molar-refractivity contribution in [3.05, 3.63) is 69.7 Å². The van der Waals surface area contributed by atoms with E-state index in [1.54, 1.807) is 12.1 Å². The monoisotopic (exact) mass is 345 g/mol. The Hall–Kier alpha value is -2.33. The number of aryl methyl sites for hydroxylation is 2. The van der Waals surface area contributed by atoms with Gasteiger partial charge in [0.2, 0.25) is 0 Å². The van der Waals surface area contributed by atoms with Gasteiger partial charge in [-0.1, -0.05) is 41.4 Å². The molecule has 0 fully saturated rings. The third-order valence-electron chi connectivity index (χ3n) is 3.56. The molecule has 4 nitrogen and oxygen atoms in total.